The summed E-state index contributed by atoms with van der Waals surface area (Å²) in [6.07, 6.45) is 7.24. The maximum absolute atomic E-state index is 6.96. The van der Waals surface area contributed by atoms with E-state index < -0.39 is 0 Å². The first-order chi connectivity index (χ1) is 39.3. The normalized spacial score (nSPS) is 11.5. The zero-order chi connectivity index (χ0) is 53.6. The van der Waals surface area contributed by atoms with Crippen molar-refractivity contribution in [1.29, 1.82) is 0 Å². The van der Waals surface area contributed by atoms with Crippen LogP contribution in [0.4, 0.5) is 0 Å². The van der Waals surface area contributed by atoms with E-state index in [4.69, 9.17) is 29.4 Å². The molecule has 0 saturated heterocycles. The summed E-state index contributed by atoms with van der Waals surface area (Å²) in [6.45, 7) is 4.16. The number of rotatable bonds is 10. The van der Waals surface area contributed by atoms with Gasteiger partial charge in [0, 0.05) is 95.2 Å². The molecule has 0 atom stereocenters. The smallest absolute Gasteiger partial charge is 0.502 e. The summed E-state index contributed by atoms with van der Waals surface area (Å²) in [5, 5.41) is 6.56. The summed E-state index contributed by atoms with van der Waals surface area (Å²) in [5.74, 6) is 3.74. The van der Waals surface area contributed by atoms with Crippen LogP contribution in [0.1, 0.15) is 11.1 Å². The van der Waals surface area contributed by atoms with Crippen molar-refractivity contribution in [1.82, 2.24) is 38.2 Å². The molecule has 0 N–H and O–H groups in total. The monoisotopic (exact) mass is 1330 g/mol. The van der Waals surface area contributed by atoms with E-state index in [0.717, 1.165) is 111 Å². The molecule has 10 nitrogen and oxygen atoms in total. The van der Waals surface area contributed by atoms with Crippen LogP contribution in [0.15, 0.2) is 207 Å². The van der Waals surface area contributed by atoms with Crippen molar-refractivity contribution in [3.63, 3.8) is 0 Å². The molecule has 0 aliphatic carbocycles. The maximum Gasteiger partial charge on any atom is 2.00 e. The minimum absolute atomic E-state index is 0. The average molecular weight is 1330 g/mol. The molecule has 0 unspecified atom stereocenters. The van der Waals surface area contributed by atoms with Gasteiger partial charge in [0.1, 0.15) is 11.6 Å². The fourth-order valence-electron chi connectivity index (χ4n) is 11.4. The van der Waals surface area contributed by atoms with Crippen LogP contribution < -0.4 is 9.47 Å². The zero-order valence-corrected chi connectivity index (χ0v) is 48.5. The van der Waals surface area contributed by atoms with Crippen LogP contribution in [0.3, 0.4) is 0 Å². The number of fused-ring (bicyclic) bond motifs is 8. The first-order valence-electron chi connectivity index (χ1n) is 26.5. The Morgan fingerprint density at radius 1 is 0.402 bits per heavy atom. The molecule has 0 spiro atoms. The molecule has 0 aliphatic heterocycles. The van der Waals surface area contributed by atoms with Crippen LogP contribution >= 0.6 is 0 Å². The van der Waals surface area contributed by atoms with Crippen molar-refractivity contribution in [3.05, 3.63) is 242 Å². The topological polar surface area (TPSA) is 89.7 Å². The number of pyridine rings is 2. The molecule has 82 heavy (non-hydrogen) atoms. The Labute approximate surface area is 500 Å². The number of ether oxygens (including phenoxy) is 2. The Morgan fingerprint density at radius 2 is 0.817 bits per heavy atom. The van der Waals surface area contributed by atoms with Gasteiger partial charge in [0.2, 0.25) is 0 Å². The van der Waals surface area contributed by atoms with E-state index in [1.807, 2.05) is 48.8 Å². The van der Waals surface area contributed by atoms with Gasteiger partial charge in [0.25, 0.3) is 0 Å². The Balaban J connectivity index is 0.00000316. The van der Waals surface area contributed by atoms with Gasteiger partial charge in [-0.3, -0.25) is 0 Å². The van der Waals surface area contributed by atoms with Crippen molar-refractivity contribution in [2.45, 2.75) is 13.8 Å². The summed E-state index contributed by atoms with van der Waals surface area (Å²) in [5.41, 5.74) is 14.6. The van der Waals surface area contributed by atoms with Gasteiger partial charge in [0.05, 0.1) is 11.5 Å². The minimum atomic E-state index is 0. The quantitative estimate of drug-likeness (QED) is 0.100. The molecule has 0 bridgehead atoms. The van der Waals surface area contributed by atoms with Crippen LogP contribution in [0, 0.1) is 38.1 Å². The van der Waals surface area contributed by atoms with Gasteiger partial charge in [-0.25, -0.2) is 9.97 Å². The standard InChI is InChI=1S/C70H46N8O2.Pd.Pt/c1-43-29-31-71-69(33-43)77-61-19-11-7-15-51(61)53-27-23-49(39-65(53)77)79-67-37-45(21-25-55(67)63-35-47-13-5-9-17-59(47)75(63)3)57-41-74-58(42-73-57)46-22-26-56(64-36-48-14-6-10-18-60(48)76(64)4)68(38-46)80-50-24-28-54-52-16-8-12-20-62(52)78(66(54)40-50)70-34-44(2)30-32-72-70;;/h5-36,41-42H,1-4H3;;/q-4;2*+2. The molecule has 0 radical (unpaired) electrons. The second kappa shape index (κ2) is 21.0. The third-order valence-electron chi connectivity index (χ3n) is 15.3. The molecule has 0 saturated carbocycles. The second-order valence-corrected chi connectivity index (χ2v) is 20.3. The molecule has 0 aliphatic rings. The molecule has 0 amide bonds. The molecular weight excluding hydrogens is 1290 g/mol. The third kappa shape index (κ3) is 8.90. The Morgan fingerprint density at radius 3 is 1.23 bits per heavy atom. The van der Waals surface area contributed by atoms with E-state index in [0.29, 0.717) is 45.5 Å². The van der Waals surface area contributed by atoms with Crippen LogP contribution in [0.2, 0.25) is 0 Å². The summed E-state index contributed by atoms with van der Waals surface area (Å²) < 4.78 is 22.6. The van der Waals surface area contributed by atoms with Crippen molar-refractivity contribution < 1.29 is 51.0 Å². The zero-order valence-electron chi connectivity index (χ0n) is 44.7. The molecule has 7 heterocycles. The Bertz CT molecular complexity index is 4670. The number of hydrogen-bond acceptors (Lipinski definition) is 6. The first-order valence-corrected chi connectivity index (χ1v) is 26.5. The first kappa shape index (κ1) is 52.2. The van der Waals surface area contributed by atoms with Gasteiger partial charge >= 0.3 is 41.5 Å². The summed E-state index contributed by atoms with van der Waals surface area (Å²) >= 11 is 0. The summed E-state index contributed by atoms with van der Waals surface area (Å²) in [6, 6.07) is 77.0. The summed E-state index contributed by atoms with van der Waals surface area (Å²) in [7, 11) is 4.15. The van der Waals surface area contributed by atoms with Gasteiger partial charge in [-0.2, -0.15) is 12.1 Å². The minimum Gasteiger partial charge on any atom is -0.502 e. The molecular formula is C70H46N8O2PdPt. The van der Waals surface area contributed by atoms with Gasteiger partial charge in [0.15, 0.2) is 0 Å². The number of aromatic nitrogens is 8. The van der Waals surface area contributed by atoms with Gasteiger partial charge in [-0.05, 0) is 118 Å². The largest absolute Gasteiger partial charge is 2.00 e. The maximum atomic E-state index is 6.96. The van der Waals surface area contributed by atoms with Crippen LogP contribution in [-0.2, 0) is 55.6 Å². The van der Waals surface area contributed by atoms with Crippen LogP contribution in [0.5, 0.6) is 23.0 Å². The average Bonchev–Trinajstić information content (AvgIpc) is 4.34. The van der Waals surface area contributed by atoms with E-state index >= 15 is 0 Å². The van der Waals surface area contributed by atoms with Crippen molar-refractivity contribution in [2.24, 2.45) is 14.1 Å². The van der Waals surface area contributed by atoms with Crippen molar-refractivity contribution in [3.8, 4) is 79.7 Å². The van der Waals surface area contributed by atoms with Gasteiger partial charge in [-0.1, -0.05) is 96.0 Å². The van der Waals surface area contributed by atoms with E-state index in [2.05, 4.69) is 216 Å². The predicted molar refractivity (Wildman–Crippen MR) is 319 cm³/mol. The molecule has 15 aromatic rings. The SMILES string of the molecule is Cc1ccnc(-n2c3[c-]c(Oc4[c-]c(-c5cnc(-c6[c-]c(Oc7[c-]c8c(cc7)c7ccccc7n8-c7cc(C)ccn7)c(-c7cc8ccccc8n7C)cc6)cn5)ccc4-c4cc5ccccc5n4C)ccc3c3ccccc32)c1.[Pd+2].[Pt+2]. The number of para-hydroxylation sites is 4. The van der Waals surface area contributed by atoms with Crippen molar-refractivity contribution >= 4 is 65.4 Å². The van der Waals surface area contributed by atoms with Gasteiger partial charge in [-0.15, -0.1) is 70.4 Å². The molecule has 0 fully saturated rings. The van der Waals surface area contributed by atoms with Crippen LogP contribution in [-0.4, -0.2) is 38.2 Å². The fraction of sp³-hybridized carbons (Fsp3) is 0.0571. The number of hydrogen-bond donors (Lipinski definition) is 0. The third-order valence-corrected chi connectivity index (χ3v) is 15.3. The number of benzene rings is 8. The van der Waals surface area contributed by atoms with E-state index in [-0.39, 0.29) is 41.5 Å². The number of nitrogens with zero attached hydrogens (tertiary/aromatic N) is 8. The number of aryl methyl sites for hydroxylation is 4. The van der Waals surface area contributed by atoms with Gasteiger partial charge < -0.3 is 37.7 Å². The van der Waals surface area contributed by atoms with E-state index in [1.54, 1.807) is 12.4 Å². The molecule has 7 aromatic heterocycles. The summed E-state index contributed by atoms with van der Waals surface area (Å²) in [4.78, 5) is 19.7. The Kier molecular flexibility index (Phi) is 13.4. The molecule has 12 heteroatoms. The fourth-order valence-corrected chi connectivity index (χ4v) is 11.4. The molecule has 8 aromatic carbocycles. The van der Waals surface area contributed by atoms with E-state index in [1.165, 1.54) is 0 Å². The predicted octanol–water partition coefficient (Wildman–Crippen LogP) is 16.5. The van der Waals surface area contributed by atoms with Crippen LogP contribution in [0.25, 0.3) is 122 Å². The molecule has 15 rings (SSSR count). The second-order valence-electron chi connectivity index (χ2n) is 20.3. The van der Waals surface area contributed by atoms with E-state index in [9.17, 15) is 0 Å². The molecule has 398 valence electrons. The Hall–Kier alpha value is -9.23. The van der Waals surface area contributed by atoms with Crippen molar-refractivity contribution in [2.75, 3.05) is 0 Å².